The van der Waals surface area contributed by atoms with Crippen LogP contribution >= 0.6 is 0 Å². The molecular weight excluding hydrogens is 380 g/mol. The van der Waals surface area contributed by atoms with Crippen molar-refractivity contribution in [1.29, 1.82) is 0 Å². The fourth-order valence-corrected chi connectivity index (χ4v) is 3.39. The topological polar surface area (TPSA) is 67.9 Å². The Balaban J connectivity index is 1.72. The van der Waals surface area contributed by atoms with Crippen LogP contribution in [-0.4, -0.2) is 32.6 Å². The van der Waals surface area contributed by atoms with Crippen molar-refractivity contribution in [2.75, 3.05) is 31.0 Å². The molecule has 0 fully saturated rings. The van der Waals surface area contributed by atoms with Crippen LogP contribution in [-0.2, 0) is 16.0 Å². The highest BCUT2D eigenvalue weighted by molar-refractivity contribution is 6.03. The summed E-state index contributed by atoms with van der Waals surface area (Å²) in [7, 11) is 3.15. The van der Waals surface area contributed by atoms with Crippen molar-refractivity contribution >= 4 is 29.3 Å². The number of carbonyl (C=O) groups is 2. The molecule has 0 radical (unpaired) electrons. The monoisotopic (exact) mass is 408 g/mol. The van der Waals surface area contributed by atoms with E-state index < -0.39 is 5.41 Å². The number of carbonyl (C=O) groups excluding carboxylic acids is 2. The van der Waals surface area contributed by atoms with Crippen molar-refractivity contribution < 1.29 is 19.1 Å². The predicted octanol–water partition coefficient (Wildman–Crippen LogP) is 4.29. The number of nitrogens with one attached hydrogen (secondary N) is 1. The number of nitrogens with zero attached hydrogens (tertiary/aromatic N) is 1. The van der Waals surface area contributed by atoms with Crippen LogP contribution < -0.4 is 19.7 Å². The summed E-state index contributed by atoms with van der Waals surface area (Å²) < 4.78 is 10.5. The lowest BCUT2D eigenvalue weighted by atomic mass is 9.94. The van der Waals surface area contributed by atoms with Crippen LogP contribution in [0.1, 0.15) is 31.9 Å². The third kappa shape index (κ3) is 4.64. The zero-order chi connectivity index (χ0) is 21.9. The minimum Gasteiger partial charge on any atom is -0.493 e. The Kier molecular flexibility index (Phi) is 6.15. The van der Waals surface area contributed by atoms with Crippen molar-refractivity contribution in [3.8, 4) is 11.5 Å². The van der Waals surface area contributed by atoms with E-state index in [1.807, 2.05) is 49.9 Å². The van der Waals surface area contributed by atoms with Gasteiger partial charge >= 0.3 is 0 Å². The van der Waals surface area contributed by atoms with E-state index in [0.717, 1.165) is 23.2 Å². The Hall–Kier alpha value is -3.28. The fraction of sp³-hybridized carbons (Fsp3) is 0.333. The van der Waals surface area contributed by atoms with Gasteiger partial charge in [0.1, 0.15) is 0 Å². The normalized spacial score (nSPS) is 13.3. The third-order valence-corrected chi connectivity index (χ3v) is 4.97. The van der Waals surface area contributed by atoms with Crippen molar-refractivity contribution in [2.45, 2.75) is 27.2 Å². The first kappa shape index (κ1) is 21.4. The highest BCUT2D eigenvalue weighted by Crippen LogP contribution is 2.34. The van der Waals surface area contributed by atoms with Gasteiger partial charge in [-0.3, -0.25) is 9.59 Å². The Labute approximate surface area is 177 Å². The molecule has 0 aromatic heterocycles. The quantitative estimate of drug-likeness (QED) is 0.750. The molecule has 0 saturated heterocycles. The van der Waals surface area contributed by atoms with Crippen LogP contribution in [0.15, 0.2) is 42.5 Å². The average molecular weight is 408 g/mol. The van der Waals surface area contributed by atoms with E-state index in [2.05, 4.69) is 5.32 Å². The highest BCUT2D eigenvalue weighted by Gasteiger charge is 2.32. The number of amides is 2. The van der Waals surface area contributed by atoms with E-state index in [1.54, 1.807) is 32.4 Å². The van der Waals surface area contributed by atoms with Crippen molar-refractivity contribution in [3.05, 3.63) is 53.6 Å². The molecule has 0 saturated carbocycles. The number of methoxy groups -OCH3 is 2. The molecule has 158 valence electrons. The lowest BCUT2D eigenvalue weighted by Crippen LogP contribution is -2.38. The summed E-state index contributed by atoms with van der Waals surface area (Å²) in [6.07, 6.45) is 4.00. The molecule has 1 aliphatic heterocycles. The molecule has 2 aromatic carbocycles. The van der Waals surface area contributed by atoms with Gasteiger partial charge in [0.25, 0.3) is 0 Å². The van der Waals surface area contributed by atoms with E-state index >= 15 is 0 Å². The van der Waals surface area contributed by atoms with Crippen molar-refractivity contribution in [2.24, 2.45) is 5.41 Å². The molecule has 0 aliphatic carbocycles. The van der Waals surface area contributed by atoms with Gasteiger partial charge in [-0.2, -0.15) is 0 Å². The number of fused-ring (bicyclic) bond motifs is 1. The van der Waals surface area contributed by atoms with Gasteiger partial charge in [-0.15, -0.1) is 0 Å². The summed E-state index contributed by atoms with van der Waals surface area (Å²) in [5, 5.41) is 2.87. The van der Waals surface area contributed by atoms with Crippen molar-refractivity contribution in [1.82, 2.24) is 0 Å². The predicted molar refractivity (Wildman–Crippen MR) is 119 cm³/mol. The van der Waals surface area contributed by atoms with E-state index in [4.69, 9.17) is 9.47 Å². The van der Waals surface area contributed by atoms with Crippen molar-refractivity contribution in [3.63, 3.8) is 0 Å². The second-order valence-electron chi connectivity index (χ2n) is 8.24. The van der Waals surface area contributed by atoms with E-state index in [9.17, 15) is 9.59 Å². The molecule has 30 heavy (non-hydrogen) atoms. The molecule has 0 unspecified atom stereocenters. The number of hydrogen-bond acceptors (Lipinski definition) is 4. The molecule has 3 rings (SSSR count). The molecule has 0 spiro atoms. The molecule has 0 atom stereocenters. The van der Waals surface area contributed by atoms with Gasteiger partial charge in [-0.1, -0.05) is 32.9 Å². The number of rotatable bonds is 5. The van der Waals surface area contributed by atoms with E-state index in [0.29, 0.717) is 23.7 Å². The number of hydrogen-bond donors (Lipinski definition) is 1. The zero-order valence-corrected chi connectivity index (χ0v) is 18.1. The summed E-state index contributed by atoms with van der Waals surface area (Å²) in [5.41, 5.74) is 3.01. The maximum Gasteiger partial charge on any atom is 0.248 e. The first-order chi connectivity index (χ1) is 14.2. The fourth-order valence-electron chi connectivity index (χ4n) is 3.39. The van der Waals surface area contributed by atoms with Crippen LogP contribution in [0.4, 0.5) is 11.4 Å². The third-order valence-electron chi connectivity index (χ3n) is 4.97. The van der Waals surface area contributed by atoms with Crippen LogP contribution in [0.5, 0.6) is 11.5 Å². The Morgan fingerprint density at radius 3 is 2.43 bits per heavy atom. The van der Waals surface area contributed by atoms with E-state index in [1.165, 1.54) is 6.08 Å². The van der Waals surface area contributed by atoms with Gasteiger partial charge in [-0.05, 0) is 47.9 Å². The van der Waals surface area contributed by atoms with Gasteiger partial charge in [0.15, 0.2) is 11.5 Å². The number of benzene rings is 2. The maximum atomic E-state index is 12.7. The molecule has 2 amide bonds. The Morgan fingerprint density at radius 1 is 1.03 bits per heavy atom. The molecule has 6 nitrogen and oxygen atoms in total. The minimum absolute atomic E-state index is 0.0816. The van der Waals surface area contributed by atoms with E-state index in [-0.39, 0.29) is 11.8 Å². The highest BCUT2D eigenvalue weighted by atomic mass is 16.5. The minimum atomic E-state index is -0.455. The average Bonchev–Trinajstić information content (AvgIpc) is 3.13. The standard InChI is InChI=1S/C24H28N2O4/c1-24(2,3)23(28)26-13-12-17-8-9-18(15-19(17)26)25-22(27)11-7-16-6-10-20(29-4)21(14-16)30-5/h6-11,14-15H,12-13H2,1-5H3,(H,25,27)/b11-7+. The van der Waals surface area contributed by atoms with Gasteiger partial charge in [0, 0.05) is 29.4 Å². The summed E-state index contributed by atoms with van der Waals surface area (Å²) in [5.74, 6) is 1.06. The number of ether oxygens (including phenoxy) is 2. The molecule has 2 aromatic rings. The van der Waals surface area contributed by atoms with Gasteiger partial charge < -0.3 is 19.7 Å². The van der Waals surface area contributed by atoms with Crippen LogP contribution in [0.2, 0.25) is 0 Å². The molecular formula is C24H28N2O4. The summed E-state index contributed by atoms with van der Waals surface area (Å²) in [6.45, 7) is 6.41. The van der Waals surface area contributed by atoms with Gasteiger partial charge in [-0.25, -0.2) is 0 Å². The van der Waals surface area contributed by atoms with Crippen LogP contribution in [0, 0.1) is 5.41 Å². The largest absolute Gasteiger partial charge is 0.493 e. The molecule has 1 aliphatic rings. The van der Waals surface area contributed by atoms with Gasteiger partial charge in [0.05, 0.1) is 14.2 Å². The molecule has 6 heteroatoms. The van der Waals surface area contributed by atoms with Crippen LogP contribution in [0.25, 0.3) is 6.08 Å². The first-order valence-electron chi connectivity index (χ1n) is 9.89. The maximum absolute atomic E-state index is 12.7. The second-order valence-corrected chi connectivity index (χ2v) is 8.24. The summed E-state index contributed by atoms with van der Waals surface area (Å²) in [4.78, 5) is 26.9. The first-order valence-corrected chi connectivity index (χ1v) is 9.89. The summed E-state index contributed by atoms with van der Waals surface area (Å²) in [6, 6.07) is 11.1. The molecule has 1 N–H and O–H groups in total. The molecule has 0 bridgehead atoms. The zero-order valence-electron chi connectivity index (χ0n) is 18.1. The van der Waals surface area contributed by atoms with Crippen LogP contribution in [0.3, 0.4) is 0 Å². The SMILES string of the molecule is COc1ccc(/C=C/C(=O)Nc2ccc3c(c2)N(C(=O)C(C)(C)C)CC3)cc1OC. The summed E-state index contributed by atoms with van der Waals surface area (Å²) >= 11 is 0. The van der Waals surface area contributed by atoms with Gasteiger partial charge in [0.2, 0.25) is 11.8 Å². The second kappa shape index (κ2) is 8.61. The lowest BCUT2D eigenvalue weighted by Gasteiger charge is -2.26. The Morgan fingerprint density at radius 2 is 1.77 bits per heavy atom. The lowest BCUT2D eigenvalue weighted by molar-refractivity contribution is -0.125. The Bertz CT molecular complexity index is 989. The molecule has 1 heterocycles. The smallest absolute Gasteiger partial charge is 0.248 e. The number of anilines is 2.